The van der Waals surface area contributed by atoms with Crippen molar-refractivity contribution in [1.29, 1.82) is 0 Å². The number of likely N-dealkylation sites (tertiary alicyclic amines) is 1. The number of hydrogen-bond donors (Lipinski definition) is 1. The van der Waals surface area contributed by atoms with Crippen molar-refractivity contribution in [1.82, 2.24) is 10.2 Å². The van der Waals surface area contributed by atoms with Gasteiger partial charge >= 0.3 is 0 Å². The third-order valence-corrected chi connectivity index (χ3v) is 3.53. The molecule has 1 heterocycles. The molecule has 1 aliphatic heterocycles. The van der Waals surface area contributed by atoms with Gasteiger partial charge in [-0.3, -0.25) is 0 Å². The molecular formula is C12H26N2O. The van der Waals surface area contributed by atoms with Crippen molar-refractivity contribution >= 4 is 0 Å². The lowest BCUT2D eigenvalue weighted by Crippen LogP contribution is -2.51. The van der Waals surface area contributed by atoms with Crippen molar-refractivity contribution in [3.8, 4) is 0 Å². The van der Waals surface area contributed by atoms with E-state index in [-0.39, 0.29) is 0 Å². The standard InChI is InChI=1S/C12H26N2O/c1-5-14-8-6-7-12(9-14)13-10(2)11(3)15-4/h10-13H,5-9H2,1-4H3. The molecule has 15 heavy (non-hydrogen) atoms. The third-order valence-electron chi connectivity index (χ3n) is 3.53. The van der Waals surface area contributed by atoms with Gasteiger partial charge in [0.25, 0.3) is 0 Å². The van der Waals surface area contributed by atoms with E-state index in [2.05, 4.69) is 31.0 Å². The van der Waals surface area contributed by atoms with E-state index in [1.54, 1.807) is 7.11 Å². The summed E-state index contributed by atoms with van der Waals surface area (Å²) in [5.41, 5.74) is 0. The van der Waals surface area contributed by atoms with Gasteiger partial charge in [-0.05, 0) is 39.8 Å². The van der Waals surface area contributed by atoms with E-state index in [1.807, 2.05) is 0 Å². The summed E-state index contributed by atoms with van der Waals surface area (Å²) >= 11 is 0. The lowest BCUT2D eigenvalue weighted by atomic mass is 10.0. The SMILES string of the molecule is CCN1CCCC(NC(C)C(C)OC)C1. The number of likely N-dealkylation sites (N-methyl/N-ethyl adjacent to an activating group) is 1. The molecule has 0 saturated carbocycles. The Hall–Kier alpha value is -0.120. The zero-order valence-corrected chi connectivity index (χ0v) is 10.6. The van der Waals surface area contributed by atoms with Crippen LogP contribution in [-0.2, 0) is 4.74 Å². The molecule has 0 aromatic rings. The van der Waals surface area contributed by atoms with Crippen molar-refractivity contribution in [3.05, 3.63) is 0 Å². The van der Waals surface area contributed by atoms with Gasteiger partial charge in [0.1, 0.15) is 0 Å². The zero-order valence-electron chi connectivity index (χ0n) is 10.6. The van der Waals surface area contributed by atoms with Gasteiger partial charge in [0.15, 0.2) is 0 Å². The van der Waals surface area contributed by atoms with Crippen LogP contribution >= 0.6 is 0 Å². The molecule has 0 spiro atoms. The van der Waals surface area contributed by atoms with Crippen LogP contribution in [0.4, 0.5) is 0 Å². The number of nitrogens with one attached hydrogen (secondary N) is 1. The van der Waals surface area contributed by atoms with E-state index < -0.39 is 0 Å². The van der Waals surface area contributed by atoms with Crippen molar-refractivity contribution in [2.75, 3.05) is 26.7 Å². The zero-order chi connectivity index (χ0) is 11.3. The lowest BCUT2D eigenvalue weighted by molar-refractivity contribution is 0.0770. The van der Waals surface area contributed by atoms with Gasteiger partial charge in [-0.15, -0.1) is 0 Å². The average Bonchev–Trinajstić information content (AvgIpc) is 2.28. The molecule has 1 rings (SSSR count). The number of ether oxygens (including phenoxy) is 1. The molecule has 1 N–H and O–H groups in total. The van der Waals surface area contributed by atoms with Crippen LogP contribution in [0.2, 0.25) is 0 Å². The van der Waals surface area contributed by atoms with Gasteiger partial charge in [-0.25, -0.2) is 0 Å². The summed E-state index contributed by atoms with van der Waals surface area (Å²) in [5, 5.41) is 3.67. The third kappa shape index (κ3) is 4.09. The highest BCUT2D eigenvalue weighted by molar-refractivity contribution is 4.81. The lowest BCUT2D eigenvalue weighted by Gasteiger charge is -2.35. The fourth-order valence-electron chi connectivity index (χ4n) is 2.19. The van der Waals surface area contributed by atoms with Crippen LogP contribution < -0.4 is 5.32 Å². The minimum absolute atomic E-state index is 0.294. The van der Waals surface area contributed by atoms with Gasteiger partial charge in [0, 0.05) is 25.7 Å². The number of rotatable bonds is 5. The maximum atomic E-state index is 5.33. The van der Waals surface area contributed by atoms with Crippen molar-refractivity contribution in [2.24, 2.45) is 0 Å². The predicted octanol–water partition coefficient (Wildman–Crippen LogP) is 1.48. The predicted molar refractivity (Wildman–Crippen MR) is 64.2 cm³/mol. The molecule has 90 valence electrons. The Kier molecular flexibility index (Phi) is 5.58. The average molecular weight is 214 g/mol. The van der Waals surface area contributed by atoms with E-state index in [0.717, 1.165) is 0 Å². The Bertz CT molecular complexity index is 175. The van der Waals surface area contributed by atoms with E-state index >= 15 is 0 Å². The minimum Gasteiger partial charge on any atom is -0.380 e. The Morgan fingerprint density at radius 3 is 2.80 bits per heavy atom. The first-order valence-corrected chi connectivity index (χ1v) is 6.18. The molecule has 0 bridgehead atoms. The Morgan fingerprint density at radius 2 is 2.20 bits per heavy atom. The molecule has 3 unspecified atom stereocenters. The van der Waals surface area contributed by atoms with Gasteiger partial charge < -0.3 is 15.0 Å². The summed E-state index contributed by atoms with van der Waals surface area (Å²) in [5.74, 6) is 0. The molecule has 3 heteroatoms. The fourth-order valence-corrected chi connectivity index (χ4v) is 2.19. The summed E-state index contributed by atoms with van der Waals surface area (Å²) < 4.78 is 5.33. The second-order valence-corrected chi connectivity index (χ2v) is 4.63. The van der Waals surface area contributed by atoms with Gasteiger partial charge in [0.05, 0.1) is 6.10 Å². The topological polar surface area (TPSA) is 24.5 Å². The summed E-state index contributed by atoms with van der Waals surface area (Å²) in [6.45, 7) is 10.2. The molecule has 3 nitrogen and oxygen atoms in total. The van der Waals surface area contributed by atoms with Gasteiger partial charge in [0.2, 0.25) is 0 Å². The molecule has 0 amide bonds. The van der Waals surface area contributed by atoms with E-state index in [1.165, 1.54) is 32.5 Å². The Labute approximate surface area is 94.2 Å². The van der Waals surface area contributed by atoms with E-state index in [0.29, 0.717) is 18.2 Å². The highest BCUT2D eigenvalue weighted by Crippen LogP contribution is 2.11. The number of methoxy groups -OCH3 is 1. The summed E-state index contributed by atoms with van der Waals surface area (Å²) in [7, 11) is 1.78. The van der Waals surface area contributed by atoms with Crippen molar-refractivity contribution < 1.29 is 4.74 Å². The highest BCUT2D eigenvalue weighted by Gasteiger charge is 2.21. The molecule has 1 aliphatic rings. The van der Waals surface area contributed by atoms with Crippen molar-refractivity contribution in [2.45, 2.75) is 51.8 Å². The summed E-state index contributed by atoms with van der Waals surface area (Å²) in [4.78, 5) is 2.52. The maximum absolute atomic E-state index is 5.33. The molecule has 1 saturated heterocycles. The quantitative estimate of drug-likeness (QED) is 0.750. The van der Waals surface area contributed by atoms with Crippen LogP contribution in [0.25, 0.3) is 0 Å². The summed E-state index contributed by atoms with van der Waals surface area (Å²) in [6, 6.07) is 1.09. The largest absolute Gasteiger partial charge is 0.380 e. The second-order valence-electron chi connectivity index (χ2n) is 4.63. The number of hydrogen-bond acceptors (Lipinski definition) is 3. The monoisotopic (exact) mass is 214 g/mol. The van der Waals surface area contributed by atoms with Crippen molar-refractivity contribution in [3.63, 3.8) is 0 Å². The van der Waals surface area contributed by atoms with Crippen LogP contribution in [0, 0.1) is 0 Å². The molecule has 0 aromatic heterocycles. The Morgan fingerprint density at radius 1 is 1.47 bits per heavy atom. The molecule has 0 radical (unpaired) electrons. The fraction of sp³-hybridized carbons (Fsp3) is 1.00. The molecule has 1 fully saturated rings. The van der Waals surface area contributed by atoms with Gasteiger partial charge in [-0.1, -0.05) is 6.92 Å². The van der Waals surface area contributed by atoms with Crippen LogP contribution in [0.1, 0.15) is 33.6 Å². The van der Waals surface area contributed by atoms with Gasteiger partial charge in [-0.2, -0.15) is 0 Å². The first-order valence-electron chi connectivity index (χ1n) is 6.18. The van der Waals surface area contributed by atoms with Crippen LogP contribution in [0.3, 0.4) is 0 Å². The van der Waals surface area contributed by atoms with E-state index in [4.69, 9.17) is 4.74 Å². The molecular weight excluding hydrogens is 188 g/mol. The summed E-state index contributed by atoms with van der Waals surface area (Å²) in [6.07, 6.45) is 2.92. The maximum Gasteiger partial charge on any atom is 0.0693 e. The van der Waals surface area contributed by atoms with Crippen LogP contribution in [0.15, 0.2) is 0 Å². The van der Waals surface area contributed by atoms with Crippen LogP contribution in [0.5, 0.6) is 0 Å². The normalized spacial score (nSPS) is 27.6. The van der Waals surface area contributed by atoms with E-state index in [9.17, 15) is 0 Å². The number of piperidine rings is 1. The first kappa shape index (κ1) is 12.9. The molecule has 3 atom stereocenters. The van der Waals surface area contributed by atoms with Crippen LogP contribution in [-0.4, -0.2) is 49.8 Å². The highest BCUT2D eigenvalue weighted by atomic mass is 16.5. The molecule has 0 aliphatic carbocycles. The first-order chi connectivity index (χ1) is 7.17. The molecule has 0 aromatic carbocycles. The Balaban J connectivity index is 2.31. The number of nitrogens with zero attached hydrogens (tertiary/aromatic N) is 1. The second kappa shape index (κ2) is 6.46. The smallest absolute Gasteiger partial charge is 0.0693 e. The minimum atomic E-state index is 0.294.